The third-order valence-corrected chi connectivity index (χ3v) is 5.19. The Morgan fingerprint density at radius 1 is 1.37 bits per heavy atom. The van der Waals surface area contributed by atoms with Crippen molar-refractivity contribution in [3.8, 4) is 0 Å². The summed E-state index contributed by atoms with van der Waals surface area (Å²) in [6.07, 6.45) is 3.14. The molecule has 1 aromatic rings. The van der Waals surface area contributed by atoms with Crippen LogP contribution in [0.2, 0.25) is 0 Å². The van der Waals surface area contributed by atoms with E-state index in [1.807, 2.05) is 12.1 Å². The summed E-state index contributed by atoms with van der Waals surface area (Å²) in [6.45, 7) is 6.60. The quantitative estimate of drug-likeness (QED) is 0.826. The zero-order valence-corrected chi connectivity index (χ0v) is 13.5. The van der Waals surface area contributed by atoms with Crippen LogP contribution in [0.5, 0.6) is 0 Å². The molecule has 1 fully saturated rings. The van der Waals surface area contributed by atoms with Crippen molar-refractivity contribution < 1.29 is 4.39 Å². The van der Waals surface area contributed by atoms with Gasteiger partial charge in [0.15, 0.2) is 0 Å². The van der Waals surface area contributed by atoms with Gasteiger partial charge in [0.1, 0.15) is 5.82 Å². The van der Waals surface area contributed by atoms with Gasteiger partial charge in [-0.1, -0.05) is 39.3 Å². The van der Waals surface area contributed by atoms with Crippen molar-refractivity contribution >= 4 is 15.9 Å². The van der Waals surface area contributed by atoms with Gasteiger partial charge in [-0.25, -0.2) is 4.39 Å². The summed E-state index contributed by atoms with van der Waals surface area (Å²) in [4.78, 5) is 0. The highest BCUT2D eigenvalue weighted by molar-refractivity contribution is 9.10. The van der Waals surface area contributed by atoms with Crippen LogP contribution in [0.1, 0.15) is 45.6 Å². The molecule has 1 aromatic carbocycles. The molecule has 1 nitrogen and oxygen atoms in total. The molecule has 3 atom stereocenters. The highest BCUT2D eigenvalue weighted by Crippen LogP contribution is 2.46. The van der Waals surface area contributed by atoms with Crippen LogP contribution >= 0.6 is 15.9 Å². The van der Waals surface area contributed by atoms with Crippen molar-refractivity contribution in [1.29, 1.82) is 0 Å². The van der Waals surface area contributed by atoms with Crippen molar-refractivity contribution in [3.63, 3.8) is 0 Å². The topological polar surface area (TPSA) is 26.0 Å². The fourth-order valence-electron chi connectivity index (χ4n) is 3.65. The lowest BCUT2D eigenvalue weighted by atomic mass is 9.62. The van der Waals surface area contributed by atoms with E-state index in [-0.39, 0.29) is 5.82 Å². The smallest absolute Gasteiger partial charge is 0.142 e. The minimum Gasteiger partial charge on any atom is -0.321 e. The first kappa shape index (κ1) is 15.0. The second-order valence-corrected chi connectivity index (χ2v) is 7.23. The molecule has 2 N–H and O–H groups in total. The van der Waals surface area contributed by atoms with Crippen LogP contribution in [0, 0.1) is 23.6 Å². The maximum atomic E-state index is 14.5. The van der Waals surface area contributed by atoms with Crippen molar-refractivity contribution in [1.82, 2.24) is 0 Å². The van der Waals surface area contributed by atoms with Gasteiger partial charge < -0.3 is 5.73 Å². The van der Waals surface area contributed by atoms with Crippen molar-refractivity contribution in [3.05, 3.63) is 34.1 Å². The maximum Gasteiger partial charge on any atom is 0.142 e. The predicted molar refractivity (Wildman–Crippen MR) is 81.3 cm³/mol. The first-order valence-electron chi connectivity index (χ1n) is 7.09. The van der Waals surface area contributed by atoms with Crippen molar-refractivity contribution in [2.75, 3.05) is 0 Å². The zero-order valence-electron chi connectivity index (χ0n) is 11.9. The fourth-order valence-corrected chi connectivity index (χ4v) is 4.02. The molecule has 2 rings (SSSR count). The van der Waals surface area contributed by atoms with E-state index in [4.69, 9.17) is 5.73 Å². The Kier molecular flexibility index (Phi) is 4.36. The Labute approximate surface area is 123 Å². The van der Waals surface area contributed by atoms with Gasteiger partial charge >= 0.3 is 0 Å². The maximum absolute atomic E-state index is 14.5. The SMILES string of the molecule is CC1CCC(C(C)C)C(N)(c2cccc(Br)c2F)C1. The molecular formula is C16H23BrFN. The second-order valence-electron chi connectivity index (χ2n) is 6.38. The summed E-state index contributed by atoms with van der Waals surface area (Å²) < 4.78 is 15.0. The fraction of sp³-hybridized carbons (Fsp3) is 0.625. The van der Waals surface area contributed by atoms with Crippen LogP contribution in [0.4, 0.5) is 4.39 Å². The van der Waals surface area contributed by atoms with Gasteiger partial charge in [0.25, 0.3) is 0 Å². The summed E-state index contributed by atoms with van der Waals surface area (Å²) in [5.41, 5.74) is 6.86. The second kappa shape index (κ2) is 5.53. The Morgan fingerprint density at radius 3 is 2.68 bits per heavy atom. The molecule has 1 aliphatic carbocycles. The molecule has 0 bridgehead atoms. The highest BCUT2D eigenvalue weighted by atomic mass is 79.9. The van der Waals surface area contributed by atoms with E-state index in [2.05, 4.69) is 36.7 Å². The van der Waals surface area contributed by atoms with E-state index >= 15 is 0 Å². The number of benzene rings is 1. The van der Waals surface area contributed by atoms with Crippen LogP contribution in [0.15, 0.2) is 22.7 Å². The van der Waals surface area contributed by atoms with Gasteiger partial charge in [-0.3, -0.25) is 0 Å². The Morgan fingerprint density at radius 2 is 2.05 bits per heavy atom. The molecule has 3 heteroatoms. The molecule has 0 saturated heterocycles. The predicted octanol–water partition coefficient (Wildman–Crippen LogP) is 4.83. The largest absolute Gasteiger partial charge is 0.321 e. The molecule has 1 saturated carbocycles. The standard InChI is InChI=1S/C16H23BrFN/c1-10(2)12-8-7-11(3)9-16(12,19)13-5-4-6-14(17)15(13)18/h4-6,10-12H,7-9,19H2,1-3H3. The Hall–Kier alpha value is -0.410. The van der Waals surface area contributed by atoms with Crippen LogP contribution in [0.3, 0.4) is 0 Å². The van der Waals surface area contributed by atoms with Gasteiger partial charge in [-0.2, -0.15) is 0 Å². The van der Waals surface area contributed by atoms with Gasteiger partial charge in [-0.15, -0.1) is 0 Å². The van der Waals surface area contributed by atoms with E-state index in [9.17, 15) is 4.39 Å². The third kappa shape index (κ3) is 2.73. The average Bonchev–Trinajstić information content (AvgIpc) is 2.31. The molecule has 0 aliphatic heterocycles. The van der Waals surface area contributed by atoms with E-state index in [1.54, 1.807) is 6.07 Å². The number of rotatable bonds is 2. The zero-order chi connectivity index (χ0) is 14.2. The molecule has 0 heterocycles. The van der Waals surface area contributed by atoms with Crippen molar-refractivity contribution in [2.24, 2.45) is 23.5 Å². The van der Waals surface area contributed by atoms with E-state index in [0.29, 0.717) is 27.8 Å². The highest BCUT2D eigenvalue weighted by Gasteiger charge is 2.44. The average molecular weight is 328 g/mol. The first-order chi connectivity index (χ1) is 8.86. The van der Waals surface area contributed by atoms with Gasteiger partial charge in [0.2, 0.25) is 0 Å². The third-order valence-electron chi connectivity index (χ3n) is 4.58. The van der Waals surface area contributed by atoms with Crippen molar-refractivity contribution in [2.45, 2.75) is 45.6 Å². The number of hydrogen-bond acceptors (Lipinski definition) is 1. The molecule has 0 radical (unpaired) electrons. The summed E-state index contributed by atoms with van der Waals surface area (Å²) >= 11 is 3.28. The number of hydrogen-bond donors (Lipinski definition) is 1. The lowest BCUT2D eigenvalue weighted by Gasteiger charge is -2.46. The molecule has 19 heavy (non-hydrogen) atoms. The van der Waals surface area contributed by atoms with E-state index < -0.39 is 5.54 Å². The van der Waals surface area contributed by atoms with Gasteiger partial charge in [0.05, 0.1) is 4.47 Å². The van der Waals surface area contributed by atoms with Crippen LogP contribution in [-0.2, 0) is 5.54 Å². The summed E-state index contributed by atoms with van der Waals surface area (Å²) in [5, 5.41) is 0. The molecule has 0 aromatic heterocycles. The lowest BCUT2D eigenvalue weighted by Crippen LogP contribution is -2.50. The lowest BCUT2D eigenvalue weighted by molar-refractivity contribution is 0.105. The molecule has 0 amide bonds. The summed E-state index contributed by atoms with van der Waals surface area (Å²) in [6, 6.07) is 5.47. The van der Waals surface area contributed by atoms with Crippen LogP contribution < -0.4 is 5.73 Å². The minimum atomic E-state index is -0.542. The van der Waals surface area contributed by atoms with E-state index in [1.165, 1.54) is 6.42 Å². The number of halogens is 2. The van der Waals surface area contributed by atoms with E-state index in [0.717, 1.165) is 12.8 Å². The Bertz CT molecular complexity index is 460. The van der Waals surface area contributed by atoms with Crippen LogP contribution in [-0.4, -0.2) is 0 Å². The molecule has 1 aliphatic rings. The van der Waals surface area contributed by atoms with Crippen LogP contribution in [0.25, 0.3) is 0 Å². The summed E-state index contributed by atoms with van der Waals surface area (Å²) in [5.74, 6) is 1.17. The molecule has 3 unspecified atom stereocenters. The van der Waals surface area contributed by atoms with Gasteiger partial charge in [0, 0.05) is 11.1 Å². The van der Waals surface area contributed by atoms with Gasteiger partial charge in [-0.05, 0) is 52.6 Å². The summed E-state index contributed by atoms with van der Waals surface area (Å²) in [7, 11) is 0. The normalized spacial score (nSPS) is 31.7. The molecule has 106 valence electrons. The molecular weight excluding hydrogens is 305 g/mol. The first-order valence-corrected chi connectivity index (χ1v) is 7.89. The monoisotopic (exact) mass is 327 g/mol. The number of nitrogens with two attached hydrogens (primary N) is 1. The minimum absolute atomic E-state index is 0.190. The Balaban J connectivity index is 2.49. The molecule has 0 spiro atoms.